The first-order chi connectivity index (χ1) is 22.6. The van der Waals surface area contributed by atoms with Gasteiger partial charge in [0.15, 0.2) is 0 Å². The van der Waals surface area contributed by atoms with Crippen molar-refractivity contribution in [2.24, 2.45) is 17.6 Å². The molecule has 12 nitrogen and oxygen atoms in total. The molecule has 12 heteroatoms. The normalized spacial score (nSPS) is 19.4. The van der Waals surface area contributed by atoms with Gasteiger partial charge in [0, 0.05) is 59.7 Å². The molecule has 0 saturated carbocycles. The van der Waals surface area contributed by atoms with E-state index in [1.807, 2.05) is 71.9 Å². The molecular weight excluding hydrogens is 616 g/mol. The van der Waals surface area contributed by atoms with Gasteiger partial charge in [-0.2, -0.15) is 0 Å². The molecule has 274 valence electrons. The maximum Gasteiger partial charge on any atom is 0.410 e. The summed E-state index contributed by atoms with van der Waals surface area (Å²) >= 11 is 0. The Morgan fingerprint density at radius 2 is 1.31 bits per heavy atom. The molecule has 3 N–H and O–H groups in total. The van der Waals surface area contributed by atoms with E-state index in [0.717, 1.165) is 63.9 Å². The van der Waals surface area contributed by atoms with E-state index in [-0.39, 0.29) is 24.8 Å². The standard InChI is InChI=1S/C22H34N2O5.C14H28N2O3/c1-22(2,3)29-21(26)24(4)19(13-18-11-8-12-27-15-18)14-23-20(25)28-16-17-9-6-5-7-10-17;1-14(2,3)19-13(17)16(4)12(9-15)8-11-6-5-7-18-10-11/h5-7,9-10,18-19H,8,11-16H2,1-4H3,(H,23,25);11-12H,5-10,15H2,1-4H3/t18-,19-;11-,12-/m11/s1. The average molecular weight is 679 g/mol. The van der Waals surface area contributed by atoms with Gasteiger partial charge in [-0.25, -0.2) is 14.4 Å². The number of nitrogens with two attached hydrogens (primary N) is 1. The number of hydrogen-bond acceptors (Lipinski definition) is 9. The Hall–Kier alpha value is -3.09. The van der Waals surface area contributed by atoms with Crippen LogP contribution in [0.25, 0.3) is 0 Å². The number of ether oxygens (including phenoxy) is 5. The molecule has 48 heavy (non-hydrogen) atoms. The van der Waals surface area contributed by atoms with Crippen molar-refractivity contribution in [3.8, 4) is 0 Å². The Labute approximate surface area is 288 Å². The minimum absolute atomic E-state index is 0.0153. The third kappa shape index (κ3) is 16.8. The highest BCUT2D eigenvalue weighted by molar-refractivity contribution is 5.69. The summed E-state index contributed by atoms with van der Waals surface area (Å²) in [5, 5.41) is 2.79. The van der Waals surface area contributed by atoms with Gasteiger partial charge < -0.3 is 44.5 Å². The molecule has 3 amide bonds. The van der Waals surface area contributed by atoms with Crippen LogP contribution >= 0.6 is 0 Å². The van der Waals surface area contributed by atoms with Gasteiger partial charge in [-0.3, -0.25) is 0 Å². The van der Waals surface area contributed by atoms with Crippen molar-refractivity contribution in [3.05, 3.63) is 35.9 Å². The van der Waals surface area contributed by atoms with Gasteiger partial charge in [-0.15, -0.1) is 0 Å². The van der Waals surface area contributed by atoms with Crippen LogP contribution in [-0.4, -0.2) is 105 Å². The lowest BCUT2D eigenvalue weighted by atomic mass is 9.94. The van der Waals surface area contributed by atoms with Gasteiger partial charge in [-0.1, -0.05) is 30.3 Å². The average Bonchev–Trinajstić information content (AvgIpc) is 3.04. The van der Waals surface area contributed by atoms with Gasteiger partial charge in [0.2, 0.25) is 0 Å². The van der Waals surface area contributed by atoms with Crippen LogP contribution < -0.4 is 11.1 Å². The lowest BCUT2D eigenvalue weighted by Gasteiger charge is -2.34. The second kappa shape index (κ2) is 20.4. The fourth-order valence-corrected chi connectivity index (χ4v) is 5.49. The zero-order valence-electron chi connectivity index (χ0n) is 30.6. The smallest absolute Gasteiger partial charge is 0.410 e. The number of benzene rings is 1. The van der Waals surface area contributed by atoms with Crippen molar-refractivity contribution in [3.63, 3.8) is 0 Å². The third-order valence-electron chi connectivity index (χ3n) is 8.15. The first kappa shape index (κ1) is 41.1. The second-order valence-corrected chi connectivity index (χ2v) is 14.8. The van der Waals surface area contributed by atoms with Crippen molar-refractivity contribution in [1.82, 2.24) is 15.1 Å². The fourth-order valence-electron chi connectivity index (χ4n) is 5.49. The number of hydrogen-bond donors (Lipinski definition) is 2. The first-order valence-corrected chi connectivity index (χ1v) is 17.3. The number of amides is 3. The molecule has 2 aliphatic heterocycles. The highest BCUT2D eigenvalue weighted by atomic mass is 16.6. The summed E-state index contributed by atoms with van der Waals surface area (Å²) in [6.45, 7) is 15.1. The highest BCUT2D eigenvalue weighted by Gasteiger charge is 2.30. The molecular formula is C36H62N4O8. The number of likely N-dealkylation sites (N-methyl/N-ethyl adjacent to an activating group) is 2. The molecule has 0 bridgehead atoms. The van der Waals surface area contributed by atoms with E-state index in [1.54, 1.807) is 23.9 Å². The van der Waals surface area contributed by atoms with Gasteiger partial charge in [0.1, 0.15) is 17.8 Å². The van der Waals surface area contributed by atoms with Crippen LogP contribution in [0.4, 0.5) is 14.4 Å². The lowest BCUT2D eigenvalue weighted by Crippen LogP contribution is -2.48. The van der Waals surface area contributed by atoms with Crippen LogP contribution in [0.5, 0.6) is 0 Å². The molecule has 1 aromatic rings. The number of nitrogens with zero attached hydrogens (tertiary/aromatic N) is 2. The zero-order chi connectivity index (χ0) is 35.7. The molecule has 0 unspecified atom stereocenters. The molecule has 2 saturated heterocycles. The van der Waals surface area contributed by atoms with Crippen molar-refractivity contribution >= 4 is 18.3 Å². The topological polar surface area (TPSA) is 142 Å². The molecule has 0 aliphatic carbocycles. The van der Waals surface area contributed by atoms with Crippen LogP contribution in [0.3, 0.4) is 0 Å². The Kier molecular flexibility index (Phi) is 17.5. The Balaban J connectivity index is 0.000000365. The Bertz CT molecular complexity index is 1080. The minimum atomic E-state index is -0.577. The van der Waals surface area contributed by atoms with Gasteiger partial charge in [0.25, 0.3) is 0 Å². The van der Waals surface area contributed by atoms with Crippen LogP contribution in [0.1, 0.15) is 85.6 Å². The summed E-state index contributed by atoms with van der Waals surface area (Å²) in [6.07, 6.45) is 4.71. The van der Waals surface area contributed by atoms with E-state index in [2.05, 4.69) is 5.32 Å². The van der Waals surface area contributed by atoms with E-state index >= 15 is 0 Å². The molecule has 0 radical (unpaired) electrons. The predicted octanol–water partition coefficient (Wildman–Crippen LogP) is 5.96. The first-order valence-electron chi connectivity index (χ1n) is 17.3. The maximum absolute atomic E-state index is 12.5. The Morgan fingerprint density at radius 3 is 1.75 bits per heavy atom. The number of carbonyl (C=O) groups is 3. The minimum Gasteiger partial charge on any atom is -0.445 e. The summed E-state index contributed by atoms with van der Waals surface area (Å²) in [7, 11) is 3.47. The van der Waals surface area contributed by atoms with Gasteiger partial charge in [-0.05, 0) is 97.5 Å². The van der Waals surface area contributed by atoms with Crippen molar-refractivity contribution in [2.75, 3.05) is 53.6 Å². The summed E-state index contributed by atoms with van der Waals surface area (Å²) < 4.78 is 27.2. The van der Waals surface area contributed by atoms with Crippen LogP contribution in [-0.2, 0) is 30.3 Å². The number of nitrogens with one attached hydrogen (secondary N) is 1. The van der Waals surface area contributed by atoms with Crippen molar-refractivity contribution in [2.45, 2.75) is 110 Å². The van der Waals surface area contributed by atoms with E-state index < -0.39 is 23.4 Å². The molecule has 0 aromatic heterocycles. The molecule has 2 aliphatic rings. The van der Waals surface area contributed by atoms with Gasteiger partial charge >= 0.3 is 18.3 Å². The van der Waals surface area contributed by atoms with E-state index in [4.69, 9.17) is 29.4 Å². The third-order valence-corrected chi connectivity index (χ3v) is 8.15. The summed E-state index contributed by atoms with van der Waals surface area (Å²) in [4.78, 5) is 39.9. The van der Waals surface area contributed by atoms with Gasteiger partial charge in [0.05, 0.1) is 6.04 Å². The highest BCUT2D eigenvalue weighted by Crippen LogP contribution is 2.23. The molecule has 2 heterocycles. The zero-order valence-corrected chi connectivity index (χ0v) is 30.6. The van der Waals surface area contributed by atoms with E-state index in [9.17, 15) is 14.4 Å². The number of carbonyl (C=O) groups excluding carboxylic acids is 3. The molecule has 4 atom stereocenters. The van der Waals surface area contributed by atoms with E-state index in [0.29, 0.717) is 31.5 Å². The fraction of sp³-hybridized carbons (Fsp3) is 0.750. The van der Waals surface area contributed by atoms with Crippen molar-refractivity contribution in [1.29, 1.82) is 0 Å². The van der Waals surface area contributed by atoms with Crippen molar-refractivity contribution < 1.29 is 38.1 Å². The van der Waals surface area contributed by atoms with Crippen LogP contribution in [0.15, 0.2) is 30.3 Å². The second-order valence-electron chi connectivity index (χ2n) is 14.8. The lowest BCUT2D eigenvalue weighted by molar-refractivity contribution is 0.0108. The number of alkyl carbamates (subject to hydrolysis) is 1. The van der Waals surface area contributed by atoms with Crippen LogP contribution in [0, 0.1) is 11.8 Å². The number of rotatable bonds is 11. The summed E-state index contributed by atoms with van der Waals surface area (Å²) in [5.74, 6) is 0.841. The summed E-state index contributed by atoms with van der Waals surface area (Å²) in [6, 6.07) is 9.31. The van der Waals surface area contributed by atoms with E-state index in [1.165, 1.54) is 0 Å². The largest absolute Gasteiger partial charge is 0.445 e. The molecule has 0 spiro atoms. The summed E-state index contributed by atoms with van der Waals surface area (Å²) in [5.41, 5.74) is 5.67. The van der Waals surface area contributed by atoms with Crippen LogP contribution in [0.2, 0.25) is 0 Å². The molecule has 3 rings (SSSR count). The Morgan fingerprint density at radius 1 is 0.833 bits per heavy atom. The molecule has 2 fully saturated rings. The monoisotopic (exact) mass is 678 g/mol. The quantitative estimate of drug-likeness (QED) is 0.271. The predicted molar refractivity (Wildman–Crippen MR) is 186 cm³/mol. The maximum atomic E-state index is 12.5. The molecule has 1 aromatic carbocycles. The SMILES string of the molecule is CN(C(=O)OC(C)(C)C)[C@@H](CN)C[C@H]1CCCOC1.CN(C(=O)OC(C)(C)C)[C@@H](CNC(=O)OCc1ccccc1)C[C@H]1CCCOC1.